The van der Waals surface area contributed by atoms with Crippen LogP contribution in [0.25, 0.3) is 0 Å². The first-order chi connectivity index (χ1) is 7.93. The smallest absolute Gasteiger partial charge is 0.241 e. The monoisotopic (exact) mass is 243 g/mol. The molecule has 0 saturated heterocycles. The van der Waals surface area contributed by atoms with E-state index in [9.17, 15) is 9.59 Å². The van der Waals surface area contributed by atoms with Crippen molar-refractivity contribution in [3.63, 3.8) is 0 Å². The van der Waals surface area contributed by atoms with E-state index in [2.05, 4.69) is 6.92 Å². The highest BCUT2D eigenvalue weighted by atomic mass is 16.2. The molecule has 0 aliphatic carbocycles. The molecule has 100 valence electrons. The standard InChI is InChI=1S/C12H25N3O2/c1-5-7-8-10(13)12(17)15(6-2)9-11(16)14(3)4/h10H,5-9,13H2,1-4H3/t10-/m0/s1. The van der Waals surface area contributed by atoms with Crippen molar-refractivity contribution >= 4 is 11.8 Å². The number of hydrogen-bond donors (Lipinski definition) is 1. The number of carbonyl (C=O) groups excluding carboxylic acids is 2. The van der Waals surface area contributed by atoms with Crippen molar-refractivity contribution in [3.8, 4) is 0 Å². The molecule has 0 aromatic heterocycles. The molecule has 1 atom stereocenters. The van der Waals surface area contributed by atoms with Gasteiger partial charge < -0.3 is 15.5 Å². The molecule has 17 heavy (non-hydrogen) atoms. The van der Waals surface area contributed by atoms with Crippen LogP contribution in [0.5, 0.6) is 0 Å². The summed E-state index contributed by atoms with van der Waals surface area (Å²) < 4.78 is 0. The van der Waals surface area contributed by atoms with Gasteiger partial charge in [0.25, 0.3) is 0 Å². The second-order valence-corrected chi connectivity index (χ2v) is 4.39. The Hall–Kier alpha value is -1.10. The Labute approximate surface area is 104 Å². The van der Waals surface area contributed by atoms with Crippen LogP contribution in [0.1, 0.15) is 33.1 Å². The first kappa shape index (κ1) is 15.9. The van der Waals surface area contributed by atoms with Gasteiger partial charge in [0.05, 0.1) is 12.6 Å². The SMILES string of the molecule is CCCC[C@H](N)C(=O)N(CC)CC(=O)N(C)C. The van der Waals surface area contributed by atoms with Gasteiger partial charge in [0.2, 0.25) is 11.8 Å². The molecule has 2 amide bonds. The zero-order valence-corrected chi connectivity index (χ0v) is 11.4. The topological polar surface area (TPSA) is 66.6 Å². The van der Waals surface area contributed by atoms with Crippen LogP contribution in [-0.4, -0.2) is 54.8 Å². The van der Waals surface area contributed by atoms with Crippen molar-refractivity contribution in [2.24, 2.45) is 5.73 Å². The number of unbranched alkanes of at least 4 members (excludes halogenated alkanes) is 1. The molecule has 5 nitrogen and oxygen atoms in total. The van der Waals surface area contributed by atoms with Gasteiger partial charge in [-0.1, -0.05) is 19.8 Å². The number of likely N-dealkylation sites (N-methyl/N-ethyl adjacent to an activating group) is 2. The lowest BCUT2D eigenvalue weighted by Crippen LogP contribution is -2.47. The summed E-state index contributed by atoms with van der Waals surface area (Å²) in [6, 6.07) is -0.482. The van der Waals surface area contributed by atoms with Crippen LogP contribution in [0.4, 0.5) is 0 Å². The van der Waals surface area contributed by atoms with E-state index in [1.54, 1.807) is 14.1 Å². The molecular formula is C12H25N3O2. The third kappa shape index (κ3) is 5.68. The first-order valence-electron chi connectivity index (χ1n) is 6.18. The fraction of sp³-hybridized carbons (Fsp3) is 0.833. The second kappa shape index (κ2) is 8.06. The van der Waals surface area contributed by atoms with Gasteiger partial charge in [-0.15, -0.1) is 0 Å². The molecule has 0 heterocycles. The summed E-state index contributed by atoms with van der Waals surface area (Å²) in [5.41, 5.74) is 5.82. The molecule has 0 radical (unpaired) electrons. The zero-order chi connectivity index (χ0) is 13.4. The van der Waals surface area contributed by atoms with Crippen LogP contribution >= 0.6 is 0 Å². The Morgan fingerprint density at radius 3 is 2.24 bits per heavy atom. The van der Waals surface area contributed by atoms with Crippen molar-refractivity contribution in [2.75, 3.05) is 27.2 Å². The predicted octanol–water partition coefficient (Wildman–Crippen LogP) is 0.441. The molecule has 0 saturated carbocycles. The Morgan fingerprint density at radius 1 is 1.24 bits per heavy atom. The maximum Gasteiger partial charge on any atom is 0.241 e. The summed E-state index contributed by atoms with van der Waals surface area (Å²) in [5, 5.41) is 0. The molecule has 0 aliphatic rings. The molecule has 0 aromatic carbocycles. The van der Waals surface area contributed by atoms with Crippen LogP contribution in [0.3, 0.4) is 0 Å². The fourth-order valence-corrected chi connectivity index (χ4v) is 1.43. The lowest BCUT2D eigenvalue weighted by molar-refractivity contribution is -0.139. The molecule has 5 heteroatoms. The Balaban J connectivity index is 4.34. The maximum atomic E-state index is 12.0. The molecule has 0 spiro atoms. The molecule has 2 N–H and O–H groups in total. The maximum absolute atomic E-state index is 12.0. The molecule has 0 unspecified atom stereocenters. The van der Waals surface area contributed by atoms with Gasteiger partial charge in [-0.25, -0.2) is 0 Å². The highest BCUT2D eigenvalue weighted by molar-refractivity contribution is 5.87. The Morgan fingerprint density at radius 2 is 1.82 bits per heavy atom. The molecular weight excluding hydrogens is 218 g/mol. The van der Waals surface area contributed by atoms with Crippen LogP contribution in [0.2, 0.25) is 0 Å². The predicted molar refractivity (Wildman–Crippen MR) is 68.4 cm³/mol. The quantitative estimate of drug-likeness (QED) is 0.705. The van der Waals surface area contributed by atoms with E-state index in [0.29, 0.717) is 13.0 Å². The minimum absolute atomic E-state index is 0.0807. The molecule has 0 aromatic rings. The highest BCUT2D eigenvalue weighted by Gasteiger charge is 2.21. The third-order valence-electron chi connectivity index (χ3n) is 2.70. The minimum Gasteiger partial charge on any atom is -0.347 e. The van der Waals surface area contributed by atoms with Crippen molar-refractivity contribution in [3.05, 3.63) is 0 Å². The first-order valence-corrected chi connectivity index (χ1v) is 6.18. The molecule has 0 rings (SSSR count). The summed E-state index contributed by atoms with van der Waals surface area (Å²) >= 11 is 0. The van der Waals surface area contributed by atoms with E-state index >= 15 is 0 Å². The average Bonchev–Trinajstić information content (AvgIpc) is 2.31. The Kier molecular flexibility index (Phi) is 7.54. The number of nitrogens with zero attached hydrogens (tertiary/aromatic N) is 2. The third-order valence-corrected chi connectivity index (χ3v) is 2.70. The van der Waals surface area contributed by atoms with Crippen LogP contribution in [-0.2, 0) is 9.59 Å². The summed E-state index contributed by atoms with van der Waals surface area (Å²) in [5.74, 6) is -0.209. The number of amides is 2. The van der Waals surface area contributed by atoms with E-state index in [0.717, 1.165) is 12.8 Å². The number of carbonyl (C=O) groups is 2. The lowest BCUT2D eigenvalue weighted by atomic mass is 10.1. The van der Waals surface area contributed by atoms with Crippen LogP contribution < -0.4 is 5.73 Å². The number of nitrogens with two attached hydrogens (primary N) is 1. The van der Waals surface area contributed by atoms with E-state index in [4.69, 9.17) is 5.73 Å². The summed E-state index contributed by atoms with van der Waals surface area (Å²) in [6.45, 7) is 4.54. The molecule has 0 bridgehead atoms. The van der Waals surface area contributed by atoms with Crippen molar-refractivity contribution in [1.82, 2.24) is 9.80 Å². The zero-order valence-electron chi connectivity index (χ0n) is 11.4. The second-order valence-electron chi connectivity index (χ2n) is 4.39. The minimum atomic E-state index is -0.482. The van der Waals surface area contributed by atoms with Gasteiger partial charge in [0.15, 0.2) is 0 Å². The van der Waals surface area contributed by atoms with Gasteiger partial charge >= 0.3 is 0 Å². The van der Waals surface area contributed by atoms with E-state index < -0.39 is 6.04 Å². The fourth-order valence-electron chi connectivity index (χ4n) is 1.43. The van der Waals surface area contributed by atoms with Gasteiger partial charge in [-0.05, 0) is 13.3 Å². The van der Waals surface area contributed by atoms with Gasteiger partial charge in [0.1, 0.15) is 0 Å². The largest absolute Gasteiger partial charge is 0.347 e. The van der Waals surface area contributed by atoms with Crippen LogP contribution in [0.15, 0.2) is 0 Å². The van der Waals surface area contributed by atoms with Gasteiger partial charge in [-0.3, -0.25) is 9.59 Å². The van der Waals surface area contributed by atoms with E-state index in [1.807, 2.05) is 6.92 Å². The summed E-state index contributed by atoms with van der Waals surface area (Å²) in [4.78, 5) is 26.5. The van der Waals surface area contributed by atoms with Crippen molar-refractivity contribution in [2.45, 2.75) is 39.2 Å². The van der Waals surface area contributed by atoms with Crippen molar-refractivity contribution in [1.29, 1.82) is 0 Å². The van der Waals surface area contributed by atoms with Gasteiger partial charge in [-0.2, -0.15) is 0 Å². The van der Waals surface area contributed by atoms with Gasteiger partial charge in [0, 0.05) is 20.6 Å². The van der Waals surface area contributed by atoms with Crippen molar-refractivity contribution < 1.29 is 9.59 Å². The van der Waals surface area contributed by atoms with E-state index in [1.165, 1.54) is 9.80 Å². The number of hydrogen-bond acceptors (Lipinski definition) is 3. The summed E-state index contributed by atoms with van der Waals surface area (Å²) in [7, 11) is 3.36. The Bertz CT molecular complexity index is 254. The molecule has 0 aliphatic heterocycles. The molecule has 0 fully saturated rings. The lowest BCUT2D eigenvalue weighted by Gasteiger charge is -2.25. The van der Waals surface area contributed by atoms with Crippen LogP contribution in [0, 0.1) is 0 Å². The normalized spacial score (nSPS) is 12.1. The average molecular weight is 243 g/mol. The highest BCUT2D eigenvalue weighted by Crippen LogP contribution is 2.03. The summed E-state index contributed by atoms with van der Waals surface area (Å²) in [6.07, 6.45) is 2.64. The number of rotatable bonds is 7. The van der Waals surface area contributed by atoms with E-state index in [-0.39, 0.29) is 18.4 Å².